The normalized spacial score (nSPS) is 26.2. The number of hydrogen-bond acceptors (Lipinski definition) is 3. The van der Waals surface area contributed by atoms with Gasteiger partial charge in [-0.25, -0.2) is 0 Å². The summed E-state index contributed by atoms with van der Waals surface area (Å²) >= 11 is 0. The van der Waals surface area contributed by atoms with Crippen molar-refractivity contribution in [3.8, 4) is 5.75 Å². The molecule has 0 aromatic heterocycles. The molecule has 1 fully saturated rings. The number of ether oxygens (including phenoxy) is 2. The fourth-order valence-corrected chi connectivity index (χ4v) is 2.80. The third-order valence-corrected chi connectivity index (χ3v) is 4.12. The predicted octanol–water partition coefficient (Wildman–Crippen LogP) is 3.05. The van der Waals surface area contributed by atoms with Crippen LogP contribution in [0.2, 0.25) is 0 Å². The van der Waals surface area contributed by atoms with E-state index >= 15 is 0 Å². The Hall–Kier alpha value is -1.06. The summed E-state index contributed by atoms with van der Waals surface area (Å²) in [5, 5.41) is 3.27. The van der Waals surface area contributed by atoms with Crippen molar-refractivity contribution in [2.75, 3.05) is 14.2 Å². The standard InChI is InChI=1S/C17H27NO2/c1-11-7-8-12(17(2,3)4)14(9-11)20-15-10-13(18-5)16(15)19-6/h7-9,13,15-16,18H,10H2,1-6H3. The van der Waals surface area contributed by atoms with Crippen LogP contribution in [-0.4, -0.2) is 32.4 Å². The highest BCUT2D eigenvalue weighted by molar-refractivity contribution is 5.41. The Kier molecular flexibility index (Phi) is 4.40. The lowest BCUT2D eigenvalue weighted by Gasteiger charge is -2.43. The monoisotopic (exact) mass is 277 g/mol. The molecule has 3 heteroatoms. The van der Waals surface area contributed by atoms with Gasteiger partial charge in [0, 0.05) is 19.6 Å². The van der Waals surface area contributed by atoms with Crippen LogP contribution >= 0.6 is 0 Å². The van der Waals surface area contributed by atoms with Gasteiger partial charge in [-0.2, -0.15) is 0 Å². The number of methoxy groups -OCH3 is 1. The number of hydrogen-bond donors (Lipinski definition) is 1. The van der Waals surface area contributed by atoms with E-state index in [2.05, 4.69) is 51.2 Å². The number of nitrogens with one attached hydrogen (secondary N) is 1. The molecule has 1 aliphatic carbocycles. The summed E-state index contributed by atoms with van der Waals surface area (Å²) in [6.45, 7) is 8.75. The van der Waals surface area contributed by atoms with Crippen molar-refractivity contribution in [3.05, 3.63) is 29.3 Å². The molecule has 1 aromatic rings. The van der Waals surface area contributed by atoms with E-state index in [0.717, 1.165) is 12.2 Å². The van der Waals surface area contributed by atoms with Gasteiger partial charge in [0.25, 0.3) is 0 Å². The molecule has 0 spiro atoms. The molecular weight excluding hydrogens is 250 g/mol. The second-order valence-corrected chi connectivity index (χ2v) is 6.74. The Bertz CT molecular complexity index is 465. The van der Waals surface area contributed by atoms with Gasteiger partial charge in [-0.1, -0.05) is 32.9 Å². The van der Waals surface area contributed by atoms with Gasteiger partial charge in [0.05, 0.1) is 0 Å². The van der Waals surface area contributed by atoms with Gasteiger partial charge in [-0.3, -0.25) is 0 Å². The van der Waals surface area contributed by atoms with E-state index in [0.29, 0.717) is 6.04 Å². The topological polar surface area (TPSA) is 30.5 Å². The Morgan fingerprint density at radius 3 is 2.50 bits per heavy atom. The van der Waals surface area contributed by atoms with E-state index in [1.807, 2.05) is 7.05 Å². The maximum atomic E-state index is 6.26. The molecule has 0 amide bonds. The lowest BCUT2D eigenvalue weighted by molar-refractivity contribution is -0.0874. The summed E-state index contributed by atoms with van der Waals surface area (Å²) in [5.41, 5.74) is 2.56. The molecule has 0 aliphatic heterocycles. The highest BCUT2D eigenvalue weighted by atomic mass is 16.5. The minimum atomic E-state index is 0.0811. The largest absolute Gasteiger partial charge is 0.487 e. The van der Waals surface area contributed by atoms with Crippen LogP contribution in [-0.2, 0) is 10.2 Å². The van der Waals surface area contributed by atoms with Crippen molar-refractivity contribution in [2.24, 2.45) is 0 Å². The van der Waals surface area contributed by atoms with Crippen LogP contribution in [0.3, 0.4) is 0 Å². The third-order valence-electron chi connectivity index (χ3n) is 4.12. The van der Waals surface area contributed by atoms with Crippen LogP contribution in [0.4, 0.5) is 0 Å². The highest BCUT2D eigenvalue weighted by Gasteiger charge is 2.42. The first-order valence-corrected chi connectivity index (χ1v) is 7.34. The summed E-state index contributed by atoms with van der Waals surface area (Å²) < 4.78 is 11.8. The molecule has 0 radical (unpaired) electrons. The van der Waals surface area contributed by atoms with E-state index in [9.17, 15) is 0 Å². The SMILES string of the molecule is CNC1CC(Oc2cc(C)ccc2C(C)(C)C)C1OC. The second kappa shape index (κ2) is 5.74. The fraction of sp³-hybridized carbons (Fsp3) is 0.647. The van der Waals surface area contributed by atoms with Crippen LogP contribution in [0.25, 0.3) is 0 Å². The average Bonchev–Trinajstić information content (AvgIpc) is 2.33. The van der Waals surface area contributed by atoms with E-state index in [4.69, 9.17) is 9.47 Å². The third kappa shape index (κ3) is 2.99. The van der Waals surface area contributed by atoms with Gasteiger partial charge < -0.3 is 14.8 Å². The first-order chi connectivity index (χ1) is 9.36. The van der Waals surface area contributed by atoms with Crippen molar-refractivity contribution in [1.82, 2.24) is 5.32 Å². The van der Waals surface area contributed by atoms with E-state index in [1.54, 1.807) is 7.11 Å². The summed E-state index contributed by atoms with van der Waals surface area (Å²) in [7, 11) is 3.73. The number of rotatable bonds is 4. The molecule has 3 nitrogen and oxygen atoms in total. The van der Waals surface area contributed by atoms with Gasteiger partial charge in [0.2, 0.25) is 0 Å². The quantitative estimate of drug-likeness (QED) is 0.917. The van der Waals surface area contributed by atoms with Crippen molar-refractivity contribution in [2.45, 2.75) is 57.8 Å². The molecule has 3 atom stereocenters. The Balaban J connectivity index is 2.19. The van der Waals surface area contributed by atoms with Crippen LogP contribution in [0.15, 0.2) is 18.2 Å². The molecule has 1 N–H and O–H groups in total. The molecule has 2 rings (SSSR count). The average molecular weight is 277 g/mol. The summed E-state index contributed by atoms with van der Waals surface area (Å²) in [6.07, 6.45) is 1.26. The van der Waals surface area contributed by atoms with Gasteiger partial charge in [0.1, 0.15) is 18.0 Å². The summed E-state index contributed by atoms with van der Waals surface area (Å²) in [6, 6.07) is 6.87. The first kappa shape index (κ1) is 15.3. The first-order valence-electron chi connectivity index (χ1n) is 7.34. The van der Waals surface area contributed by atoms with Crippen LogP contribution in [0.1, 0.15) is 38.3 Å². The zero-order valence-corrected chi connectivity index (χ0v) is 13.5. The smallest absolute Gasteiger partial charge is 0.128 e. The number of aryl methyl sites for hydroxylation is 1. The molecule has 0 heterocycles. The van der Waals surface area contributed by atoms with Crippen molar-refractivity contribution in [1.29, 1.82) is 0 Å². The lowest BCUT2D eigenvalue weighted by atomic mass is 9.84. The molecule has 0 bridgehead atoms. The van der Waals surface area contributed by atoms with Gasteiger partial charge in [-0.15, -0.1) is 0 Å². The van der Waals surface area contributed by atoms with E-state index in [-0.39, 0.29) is 17.6 Å². The molecular formula is C17H27NO2. The minimum Gasteiger partial charge on any atom is -0.487 e. The molecule has 1 aliphatic rings. The lowest BCUT2D eigenvalue weighted by Crippen LogP contribution is -2.60. The zero-order chi connectivity index (χ0) is 14.9. The molecule has 3 unspecified atom stereocenters. The zero-order valence-electron chi connectivity index (χ0n) is 13.5. The second-order valence-electron chi connectivity index (χ2n) is 6.74. The maximum Gasteiger partial charge on any atom is 0.128 e. The molecule has 112 valence electrons. The fourth-order valence-electron chi connectivity index (χ4n) is 2.80. The Labute approximate surface area is 122 Å². The summed E-state index contributed by atoms with van der Waals surface area (Å²) in [4.78, 5) is 0. The van der Waals surface area contributed by atoms with Crippen LogP contribution < -0.4 is 10.1 Å². The highest BCUT2D eigenvalue weighted by Crippen LogP contribution is 2.36. The van der Waals surface area contributed by atoms with Crippen LogP contribution in [0, 0.1) is 6.92 Å². The maximum absolute atomic E-state index is 6.26. The predicted molar refractivity (Wildman–Crippen MR) is 82.6 cm³/mol. The molecule has 1 aromatic carbocycles. The summed E-state index contributed by atoms with van der Waals surface area (Å²) in [5.74, 6) is 0.999. The molecule has 0 saturated heterocycles. The van der Waals surface area contributed by atoms with Crippen molar-refractivity contribution < 1.29 is 9.47 Å². The van der Waals surface area contributed by atoms with Gasteiger partial charge in [0.15, 0.2) is 0 Å². The van der Waals surface area contributed by atoms with E-state index in [1.165, 1.54) is 11.1 Å². The minimum absolute atomic E-state index is 0.0811. The van der Waals surface area contributed by atoms with Crippen LogP contribution in [0.5, 0.6) is 5.75 Å². The number of likely N-dealkylation sites (N-methyl/N-ethyl adjacent to an activating group) is 1. The molecule has 1 saturated carbocycles. The van der Waals surface area contributed by atoms with Crippen molar-refractivity contribution >= 4 is 0 Å². The Morgan fingerprint density at radius 2 is 1.95 bits per heavy atom. The molecule has 20 heavy (non-hydrogen) atoms. The van der Waals surface area contributed by atoms with Gasteiger partial charge >= 0.3 is 0 Å². The van der Waals surface area contributed by atoms with Crippen molar-refractivity contribution in [3.63, 3.8) is 0 Å². The Morgan fingerprint density at radius 1 is 1.25 bits per heavy atom. The van der Waals surface area contributed by atoms with Gasteiger partial charge in [-0.05, 0) is 36.6 Å². The number of benzene rings is 1. The van der Waals surface area contributed by atoms with E-state index < -0.39 is 0 Å².